The van der Waals surface area contributed by atoms with Crippen LogP contribution in [0.15, 0.2) is 47.7 Å². The summed E-state index contributed by atoms with van der Waals surface area (Å²) in [5.74, 6) is 0. The second kappa shape index (κ2) is 5.40. The van der Waals surface area contributed by atoms with E-state index in [4.69, 9.17) is 5.73 Å². The average Bonchev–Trinajstić information content (AvgIpc) is 2.30. The molecule has 0 amide bonds. The van der Waals surface area contributed by atoms with Gasteiger partial charge in [0.1, 0.15) is 0 Å². The summed E-state index contributed by atoms with van der Waals surface area (Å²) < 4.78 is 0. The Morgan fingerprint density at radius 1 is 1.27 bits per heavy atom. The monoisotopic (exact) mass is 201 g/mol. The van der Waals surface area contributed by atoms with Crippen molar-refractivity contribution >= 4 is 5.57 Å². The molecule has 0 heterocycles. The molecule has 0 bridgehead atoms. The Kier molecular flexibility index (Phi) is 4.17. The number of hydrogen-bond acceptors (Lipinski definition) is 1. The number of benzene rings is 1. The highest BCUT2D eigenvalue weighted by Crippen LogP contribution is 2.24. The van der Waals surface area contributed by atoms with Crippen molar-refractivity contribution in [2.24, 2.45) is 5.73 Å². The molecule has 1 rings (SSSR count). The van der Waals surface area contributed by atoms with Gasteiger partial charge in [0.15, 0.2) is 0 Å². The first kappa shape index (κ1) is 11.6. The molecule has 0 spiro atoms. The Bertz CT molecular complexity index is 372. The molecular formula is C14H19N. The normalized spacial score (nSPS) is 13.7. The van der Waals surface area contributed by atoms with Crippen molar-refractivity contribution in [1.29, 1.82) is 0 Å². The van der Waals surface area contributed by atoms with E-state index in [1.165, 1.54) is 16.7 Å². The van der Waals surface area contributed by atoms with E-state index in [-0.39, 0.29) is 0 Å². The molecule has 0 aliphatic rings. The standard InChI is InChI=1S/C14H19N/c1-4-13(11(3)14(15)5-2)12-9-7-6-8-10-12/h4,6-10H,5,15H2,1-3H3/b13-4+,14-11+. The zero-order valence-corrected chi connectivity index (χ0v) is 9.75. The third-order valence-corrected chi connectivity index (χ3v) is 2.64. The van der Waals surface area contributed by atoms with Gasteiger partial charge in [-0.1, -0.05) is 43.3 Å². The molecule has 1 aromatic carbocycles. The summed E-state index contributed by atoms with van der Waals surface area (Å²) in [4.78, 5) is 0. The van der Waals surface area contributed by atoms with E-state index >= 15 is 0 Å². The van der Waals surface area contributed by atoms with Gasteiger partial charge in [-0.05, 0) is 37.0 Å². The molecule has 0 aromatic heterocycles. The van der Waals surface area contributed by atoms with Crippen LogP contribution in [0.4, 0.5) is 0 Å². The van der Waals surface area contributed by atoms with E-state index in [9.17, 15) is 0 Å². The van der Waals surface area contributed by atoms with Gasteiger partial charge < -0.3 is 5.73 Å². The fraction of sp³-hybridized carbons (Fsp3) is 0.286. The Balaban J connectivity index is 3.13. The van der Waals surface area contributed by atoms with Crippen LogP contribution < -0.4 is 5.73 Å². The van der Waals surface area contributed by atoms with Crippen molar-refractivity contribution in [3.63, 3.8) is 0 Å². The number of hydrogen-bond donors (Lipinski definition) is 1. The zero-order valence-electron chi connectivity index (χ0n) is 9.75. The molecule has 0 unspecified atom stereocenters. The maximum Gasteiger partial charge on any atom is 0.0113 e. The van der Waals surface area contributed by atoms with Crippen LogP contribution in [-0.4, -0.2) is 0 Å². The zero-order chi connectivity index (χ0) is 11.3. The predicted octanol–water partition coefficient (Wildman–Crippen LogP) is 3.73. The van der Waals surface area contributed by atoms with Crippen LogP contribution in [0.3, 0.4) is 0 Å². The van der Waals surface area contributed by atoms with Gasteiger partial charge in [0.05, 0.1) is 0 Å². The molecule has 0 atom stereocenters. The highest BCUT2D eigenvalue weighted by molar-refractivity contribution is 5.78. The summed E-state index contributed by atoms with van der Waals surface area (Å²) in [6.45, 7) is 6.22. The van der Waals surface area contributed by atoms with Crippen LogP contribution >= 0.6 is 0 Å². The lowest BCUT2D eigenvalue weighted by molar-refractivity contribution is 1.04. The lowest BCUT2D eigenvalue weighted by atomic mass is 9.97. The molecule has 1 nitrogen and oxygen atoms in total. The fourth-order valence-corrected chi connectivity index (χ4v) is 1.66. The number of rotatable bonds is 3. The van der Waals surface area contributed by atoms with E-state index in [1.54, 1.807) is 0 Å². The first-order valence-corrected chi connectivity index (χ1v) is 5.38. The Hall–Kier alpha value is -1.50. The third kappa shape index (κ3) is 2.72. The van der Waals surface area contributed by atoms with Crippen molar-refractivity contribution in [2.75, 3.05) is 0 Å². The minimum Gasteiger partial charge on any atom is -0.402 e. The minimum atomic E-state index is 0.899. The lowest BCUT2D eigenvalue weighted by Crippen LogP contribution is -2.01. The van der Waals surface area contributed by atoms with E-state index in [1.807, 2.05) is 18.2 Å². The second-order valence-electron chi connectivity index (χ2n) is 3.57. The maximum atomic E-state index is 5.97. The van der Waals surface area contributed by atoms with Crippen LogP contribution in [0.1, 0.15) is 32.8 Å². The molecule has 0 saturated carbocycles. The summed E-state index contributed by atoms with van der Waals surface area (Å²) in [5, 5.41) is 0. The van der Waals surface area contributed by atoms with Crippen LogP contribution in [0, 0.1) is 0 Å². The van der Waals surface area contributed by atoms with E-state index in [2.05, 4.69) is 39.0 Å². The Morgan fingerprint density at radius 3 is 2.33 bits per heavy atom. The van der Waals surface area contributed by atoms with E-state index in [0.717, 1.165) is 12.1 Å². The predicted molar refractivity (Wildman–Crippen MR) is 67.3 cm³/mol. The van der Waals surface area contributed by atoms with Crippen molar-refractivity contribution in [2.45, 2.75) is 27.2 Å². The molecule has 0 radical (unpaired) electrons. The van der Waals surface area contributed by atoms with Gasteiger partial charge in [0.2, 0.25) is 0 Å². The first-order valence-electron chi connectivity index (χ1n) is 5.38. The van der Waals surface area contributed by atoms with Gasteiger partial charge >= 0.3 is 0 Å². The molecule has 15 heavy (non-hydrogen) atoms. The van der Waals surface area contributed by atoms with Crippen molar-refractivity contribution < 1.29 is 0 Å². The SMILES string of the molecule is C/C=C(\C(C)=C(\N)CC)c1ccccc1. The summed E-state index contributed by atoms with van der Waals surface area (Å²) >= 11 is 0. The van der Waals surface area contributed by atoms with E-state index < -0.39 is 0 Å². The lowest BCUT2D eigenvalue weighted by Gasteiger charge is -2.10. The van der Waals surface area contributed by atoms with Gasteiger partial charge in [-0.25, -0.2) is 0 Å². The Morgan fingerprint density at radius 2 is 1.87 bits per heavy atom. The number of nitrogens with two attached hydrogens (primary N) is 1. The van der Waals surface area contributed by atoms with Gasteiger partial charge in [-0.2, -0.15) is 0 Å². The van der Waals surface area contributed by atoms with Gasteiger partial charge in [-0.15, -0.1) is 0 Å². The van der Waals surface area contributed by atoms with Crippen molar-refractivity contribution in [3.8, 4) is 0 Å². The topological polar surface area (TPSA) is 26.0 Å². The van der Waals surface area contributed by atoms with Gasteiger partial charge in [-0.3, -0.25) is 0 Å². The van der Waals surface area contributed by atoms with Crippen LogP contribution in [0.2, 0.25) is 0 Å². The van der Waals surface area contributed by atoms with Crippen LogP contribution in [-0.2, 0) is 0 Å². The molecule has 0 aliphatic heterocycles. The average molecular weight is 201 g/mol. The van der Waals surface area contributed by atoms with Crippen molar-refractivity contribution in [1.82, 2.24) is 0 Å². The highest BCUT2D eigenvalue weighted by atomic mass is 14.6. The molecule has 1 aromatic rings. The minimum absolute atomic E-state index is 0.899. The summed E-state index contributed by atoms with van der Waals surface area (Å²) in [6.07, 6.45) is 3.02. The molecule has 1 heteroatoms. The molecule has 0 saturated heterocycles. The quantitative estimate of drug-likeness (QED) is 0.741. The molecule has 2 N–H and O–H groups in total. The number of allylic oxidation sites excluding steroid dienone is 4. The summed E-state index contributed by atoms with van der Waals surface area (Å²) in [6, 6.07) is 10.4. The largest absolute Gasteiger partial charge is 0.402 e. The van der Waals surface area contributed by atoms with Gasteiger partial charge in [0, 0.05) is 5.70 Å². The molecular weight excluding hydrogens is 182 g/mol. The van der Waals surface area contributed by atoms with E-state index in [0.29, 0.717) is 0 Å². The molecule has 80 valence electrons. The van der Waals surface area contributed by atoms with Gasteiger partial charge in [0.25, 0.3) is 0 Å². The maximum absolute atomic E-state index is 5.97. The van der Waals surface area contributed by atoms with Crippen LogP contribution in [0.5, 0.6) is 0 Å². The summed E-state index contributed by atoms with van der Waals surface area (Å²) in [7, 11) is 0. The summed E-state index contributed by atoms with van der Waals surface area (Å²) in [5.41, 5.74) is 10.6. The fourth-order valence-electron chi connectivity index (χ4n) is 1.66. The molecule has 0 aliphatic carbocycles. The third-order valence-electron chi connectivity index (χ3n) is 2.64. The Labute approximate surface area is 92.3 Å². The second-order valence-corrected chi connectivity index (χ2v) is 3.57. The van der Waals surface area contributed by atoms with Crippen molar-refractivity contribution in [3.05, 3.63) is 53.2 Å². The smallest absolute Gasteiger partial charge is 0.0113 e. The van der Waals surface area contributed by atoms with Crippen LogP contribution in [0.25, 0.3) is 5.57 Å². The molecule has 0 fully saturated rings. The highest BCUT2D eigenvalue weighted by Gasteiger charge is 2.04. The first-order chi connectivity index (χ1) is 7.20.